The molecular weight excluding hydrogens is 402 g/mol. The molecule has 2 atom stereocenters. The second-order valence-corrected chi connectivity index (χ2v) is 8.51. The van der Waals surface area contributed by atoms with Crippen LogP contribution in [0.25, 0.3) is 0 Å². The smallest absolute Gasteiger partial charge is 0.238 e. The van der Waals surface area contributed by atoms with Gasteiger partial charge in [-0.3, -0.25) is 4.79 Å². The second-order valence-electron chi connectivity index (χ2n) is 8.51. The minimum atomic E-state index is -0.141. The molecule has 32 heavy (non-hydrogen) atoms. The zero-order chi connectivity index (χ0) is 24.4. The van der Waals surface area contributed by atoms with Crippen LogP contribution in [0.2, 0.25) is 0 Å². The highest BCUT2D eigenvalue weighted by Crippen LogP contribution is 2.23. The van der Waals surface area contributed by atoms with Crippen LogP contribution in [0.1, 0.15) is 59.2 Å². The van der Waals surface area contributed by atoms with Gasteiger partial charge in [0.25, 0.3) is 0 Å². The maximum Gasteiger partial charge on any atom is 0.238 e. The number of rotatable bonds is 11. The first-order valence-corrected chi connectivity index (χ1v) is 11.1. The summed E-state index contributed by atoms with van der Waals surface area (Å²) in [6, 6.07) is 0. The summed E-state index contributed by atoms with van der Waals surface area (Å²) in [6.45, 7) is 14.5. The molecule has 0 spiro atoms. The summed E-state index contributed by atoms with van der Waals surface area (Å²) in [5.74, 6) is 0.865. The Hall–Kier alpha value is -2.53. The predicted octanol–water partition coefficient (Wildman–Crippen LogP) is 6.09. The largest absolute Gasteiger partial charge is 0.488 e. The Bertz CT molecular complexity index is 947. The summed E-state index contributed by atoms with van der Waals surface area (Å²) in [5, 5.41) is 0. The molecule has 0 aliphatic heterocycles. The van der Waals surface area contributed by atoms with E-state index < -0.39 is 0 Å². The van der Waals surface area contributed by atoms with E-state index in [1.165, 1.54) is 36.5 Å². The Morgan fingerprint density at radius 1 is 1.06 bits per heavy atom. The van der Waals surface area contributed by atoms with Crippen molar-refractivity contribution in [3.8, 4) is 11.6 Å². The predicted molar refractivity (Wildman–Crippen MR) is 134 cm³/mol. The Morgan fingerprint density at radius 2 is 1.72 bits per heavy atom. The van der Waals surface area contributed by atoms with Gasteiger partial charge < -0.3 is 19.2 Å². The van der Waals surface area contributed by atoms with Crippen molar-refractivity contribution in [3.05, 3.63) is 68.1 Å². The van der Waals surface area contributed by atoms with Gasteiger partial charge in [0, 0.05) is 30.7 Å². The summed E-state index contributed by atoms with van der Waals surface area (Å²) >= 11 is 0. The van der Waals surface area contributed by atoms with E-state index in [0.29, 0.717) is 23.8 Å². The molecule has 0 fully saturated rings. The lowest BCUT2D eigenvalue weighted by atomic mass is 9.95. The van der Waals surface area contributed by atoms with E-state index in [0.717, 1.165) is 12.1 Å². The van der Waals surface area contributed by atoms with Gasteiger partial charge in [-0.25, -0.2) is 0 Å². The third-order valence-corrected chi connectivity index (χ3v) is 5.73. The lowest BCUT2D eigenvalue weighted by Crippen LogP contribution is -2.20. The molecule has 1 aromatic heterocycles. The quantitative estimate of drug-likeness (QED) is 0.332. The topological polar surface area (TPSA) is 60.6 Å². The van der Waals surface area contributed by atoms with Crippen LogP contribution in [0.3, 0.4) is 0 Å². The van der Waals surface area contributed by atoms with Crippen molar-refractivity contribution in [2.24, 2.45) is 5.92 Å². The van der Waals surface area contributed by atoms with Crippen molar-refractivity contribution in [2.45, 2.75) is 67.4 Å². The molecule has 5 nitrogen and oxygen atoms in total. The number of allylic oxidation sites excluding steroid dienone is 6. The summed E-state index contributed by atoms with van der Waals surface area (Å²) in [6.07, 6.45) is 10.4. The highest BCUT2D eigenvalue weighted by atomic mass is 16.5. The van der Waals surface area contributed by atoms with E-state index in [-0.39, 0.29) is 17.3 Å². The van der Waals surface area contributed by atoms with E-state index in [9.17, 15) is 4.79 Å². The molecule has 0 aliphatic carbocycles. The molecule has 0 saturated carbocycles. The minimum absolute atomic E-state index is 0.0946. The van der Waals surface area contributed by atoms with Crippen molar-refractivity contribution in [3.63, 3.8) is 0 Å². The fraction of sp³-hybridized carbons (Fsp3) is 0.519. The third kappa shape index (κ3) is 7.56. The molecule has 0 radical (unpaired) electrons. The number of methoxy groups -OCH3 is 3. The van der Waals surface area contributed by atoms with Crippen molar-refractivity contribution < 1.29 is 14.2 Å². The first kappa shape index (κ1) is 27.5. The van der Waals surface area contributed by atoms with Crippen LogP contribution in [-0.4, -0.2) is 32.4 Å². The van der Waals surface area contributed by atoms with E-state index in [1.54, 1.807) is 7.11 Å². The van der Waals surface area contributed by atoms with Crippen molar-refractivity contribution in [1.82, 2.24) is 4.98 Å². The van der Waals surface area contributed by atoms with Crippen molar-refractivity contribution in [2.75, 3.05) is 21.3 Å². The molecule has 5 heteroatoms. The van der Waals surface area contributed by atoms with Gasteiger partial charge in [-0.15, -0.1) is 0 Å². The van der Waals surface area contributed by atoms with Crippen LogP contribution in [-0.2, 0) is 11.2 Å². The van der Waals surface area contributed by atoms with Crippen molar-refractivity contribution in [1.29, 1.82) is 0 Å². The first-order chi connectivity index (χ1) is 15.1. The van der Waals surface area contributed by atoms with Gasteiger partial charge in [0.1, 0.15) is 0 Å². The maximum absolute atomic E-state index is 12.5. The Labute approximate surface area is 193 Å². The lowest BCUT2D eigenvalue weighted by molar-refractivity contribution is 0.103. The summed E-state index contributed by atoms with van der Waals surface area (Å²) in [5.41, 5.74) is 6.35. The molecule has 0 amide bonds. The van der Waals surface area contributed by atoms with Crippen LogP contribution < -0.4 is 14.9 Å². The summed E-state index contributed by atoms with van der Waals surface area (Å²) in [4.78, 5) is 15.7. The fourth-order valence-corrected chi connectivity index (χ4v) is 3.99. The molecule has 0 bridgehead atoms. The molecule has 0 aromatic carbocycles. The average molecular weight is 444 g/mol. The Kier molecular flexibility index (Phi) is 11.3. The van der Waals surface area contributed by atoms with Gasteiger partial charge in [0.05, 0.1) is 20.3 Å². The molecule has 1 heterocycles. The number of H-pyrrole nitrogens is 1. The average Bonchev–Trinajstić information content (AvgIpc) is 2.74. The highest BCUT2D eigenvalue weighted by molar-refractivity contribution is 5.40. The first-order valence-electron chi connectivity index (χ1n) is 11.1. The maximum atomic E-state index is 12.5. The highest BCUT2D eigenvalue weighted by Gasteiger charge is 2.16. The van der Waals surface area contributed by atoms with Crippen LogP contribution in [0.15, 0.2) is 51.4 Å². The van der Waals surface area contributed by atoms with Crippen LogP contribution in [0.4, 0.5) is 0 Å². The normalized spacial score (nSPS) is 15.6. The molecule has 1 N–H and O–H groups in total. The number of aromatic nitrogens is 1. The number of pyridine rings is 1. The van der Waals surface area contributed by atoms with E-state index in [1.807, 2.05) is 13.8 Å². The molecular formula is C27H41NO4. The number of aromatic amines is 1. The van der Waals surface area contributed by atoms with Crippen LogP contribution in [0, 0.1) is 12.8 Å². The van der Waals surface area contributed by atoms with Gasteiger partial charge in [0.15, 0.2) is 0 Å². The van der Waals surface area contributed by atoms with Crippen molar-refractivity contribution >= 4 is 0 Å². The molecule has 178 valence electrons. The molecule has 2 unspecified atom stereocenters. The number of hydrogen-bond donors (Lipinski definition) is 1. The monoisotopic (exact) mass is 443 g/mol. The van der Waals surface area contributed by atoms with E-state index in [2.05, 4.69) is 63.9 Å². The lowest BCUT2D eigenvalue weighted by Gasteiger charge is -2.21. The number of hydrogen-bond acceptors (Lipinski definition) is 4. The third-order valence-electron chi connectivity index (χ3n) is 5.73. The fourth-order valence-electron chi connectivity index (χ4n) is 3.99. The van der Waals surface area contributed by atoms with E-state index >= 15 is 0 Å². The Morgan fingerprint density at radius 3 is 2.25 bits per heavy atom. The minimum Gasteiger partial charge on any atom is -0.488 e. The standard InChI is InChI=1S/C27H41NO4/c1-11-20(5)25(30-8)21(6)16-19(4)15-18(3)14-17(2)12-13-23-22(7)24(29)26(31-9)27(28-23)32-10/h11-12,15-16,21,25H,13-14H2,1-10H3,(H,28,29). The van der Waals surface area contributed by atoms with Crippen LogP contribution in [0.5, 0.6) is 11.6 Å². The second kappa shape index (κ2) is 13.1. The molecule has 0 saturated heterocycles. The van der Waals surface area contributed by atoms with Gasteiger partial charge in [0.2, 0.25) is 17.1 Å². The van der Waals surface area contributed by atoms with Crippen LogP contribution >= 0.6 is 0 Å². The zero-order valence-corrected chi connectivity index (χ0v) is 21.5. The van der Waals surface area contributed by atoms with E-state index in [4.69, 9.17) is 14.2 Å². The SMILES string of the molecule is CC=C(C)C(OC)C(C)C=C(C)C=C(C)CC(C)=CCc1[nH]c(OC)c(OC)c(=O)c1C. The van der Waals surface area contributed by atoms with Gasteiger partial charge in [-0.2, -0.15) is 0 Å². The van der Waals surface area contributed by atoms with Gasteiger partial charge in [-0.1, -0.05) is 47.9 Å². The number of nitrogens with one attached hydrogen (secondary N) is 1. The zero-order valence-electron chi connectivity index (χ0n) is 21.5. The number of ether oxygens (including phenoxy) is 3. The van der Waals surface area contributed by atoms with Gasteiger partial charge >= 0.3 is 0 Å². The Balaban J connectivity index is 2.94. The summed E-state index contributed by atoms with van der Waals surface area (Å²) in [7, 11) is 4.76. The summed E-state index contributed by atoms with van der Waals surface area (Å²) < 4.78 is 16.1. The molecule has 1 rings (SSSR count). The molecule has 1 aromatic rings. The molecule has 0 aliphatic rings. The van der Waals surface area contributed by atoms with Gasteiger partial charge in [-0.05, 0) is 53.5 Å².